The highest BCUT2D eigenvalue weighted by Gasteiger charge is 2.27. The monoisotopic (exact) mass is 297 g/mol. The zero-order valence-electron chi connectivity index (χ0n) is 12.6. The molecule has 5 nitrogen and oxygen atoms in total. The molecule has 0 aromatic carbocycles. The predicted octanol–water partition coefficient (Wildman–Crippen LogP) is 2.36. The summed E-state index contributed by atoms with van der Waals surface area (Å²) in [6.45, 7) is 1.95. The van der Waals surface area contributed by atoms with Crippen molar-refractivity contribution < 1.29 is 19.8 Å². The lowest BCUT2D eigenvalue weighted by molar-refractivity contribution is -0.144. The number of aliphatic carboxylic acids is 2. The molecule has 0 aromatic heterocycles. The molecule has 0 spiro atoms. The van der Waals surface area contributed by atoms with Crippen LogP contribution >= 0.6 is 0 Å². The van der Waals surface area contributed by atoms with Crippen LogP contribution in [0.25, 0.3) is 0 Å². The lowest BCUT2D eigenvalue weighted by atomic mass is 9.81. The normalized spacial score (nSPS) is 33.5. The molecular formula is C16H27NO4. The summed E-state index contributed by atoms with van der Waals surface area (Å²) in [7, 11) is 0. The molecule has 3 N–H and O–H groups in total. The van der Waals surface area contributed by atoms with Crippen molar-refractivity contribution in [2.45, 2.75) is 51.4 Å². The Labute approximate surface area is 126 Å². The van der Waals surface area contributed by atoms with Gasteiger partial charge in [0.2, 0.25) is 0 Å². The fourth-order valence-electron chi connectivity index (χ4n) is 3.72. The van der Waals surface area contributed by atoms with Gasteiger partial charge >= 0.3 is 11.9 Å². The number of hydrogen-bond donors (Lipinski definition) is 3. The molecule has 0 atom stereocenters. The van der Waals surface area contributed by atoms with E-state index in [1.54, 1.807) is 0 Å². The number of carboxylic acids is 2. The molecular weight excluding hydrogens is 270 g/mol. The predicted molar refractivity (Wildman–Crippen MR) is 79.0 cm³/mol. The minimum absolute atomic E-state index is 0.132. The van der Waals surface area contributed by atoms with Gasteiger partial charge in [0.1, 0.15) is 0 Å². The van der Waals surface area contributed by atoms with Crippen molar-refractivity contribution in [3.63, 3.8) is 0 Å². The molecule has 0 aromatic rings. The van der Waals surface area contributed by atoms with Gasteiger partial charge in [-0.15, -0.1) is 0 Å². The Bertz CT molecular complexity index is 321. The Morgan fingerprint density at radius 3 is 1.33 bits per heavy atom. The lowest BCUT2D eigenvalue weighted by Crippen LogP contribution is -2.33. The van der Waals surface area contributed by atoms with E-state index < -0.39 is 11.9 Å². The van der Waals surface area contributed by atoms with Crippen molar-refractivity contribution in [3.05, 3.63) is 0 Å². The van der Waals surface area contributed by atoms with Gasteiger partial charge in [-0.25, -0.2) is 0 Å². The number of nitrogens with one attached hydrogen (secondary N) is 1. The van der Waals surface area contributed by atoms with Gasteiger partial charge in [0.05, 0.1) is 11.8 Å². The first-order valence-electron chi connectivity index (χ1n) is 8.22. The second-order valence-corrected chi connectivity index (χ2v) is 6.77. The Kier molecular flexibility index (Phi) is 6.03. The molecule has 5 heteroatoms. The van der Waals surface area contributed by atoms with Crippen LogP contribution in [0.5, 0.6) is 0 Å². The third-order valence-corrected chi connectivity index (χ3v) is 5.26. The summed E-state index contributed by atoms with van der Waals surface area (Å²) in [5.74, 6) is -0.333. The second-order valence-electron chi connectivity index (χ2n) is 6.77. The van der Waals surface area contributed by atoms with E-state index in [1.807, 2.05) is 0 Å². The zero-order valence-corrected chi connectivity index (χ0v) is 12.6. The van der Waals surface area contributed by atoms with Crippen molar-refractivity contribution in [2.75, 3.05) is 13.1 Å². The van der Waals surface area contributed by atoms with Crippen LogP contribution in [0, 0.1) is 23.7 Å². The van der Waals surface area contributed by atoms with Gasteiger partial charge in [-0.2, -0.15) is 0 Å². The molecule has 0 amide bonds. The van der Waals surface area contributed by atoms with Crippen molar-refractivity contribution in [1.82, 2.24) is 5.32 Å². The molecule has 2 saturated carbocycles. The fraction of sp³-hybridized carbons (Fsp3) is 0.875. The van der Waals surface area contributed by atoms with Gasteiger partial charge in [-0.05, 0) is 76.3 Å². The molecule has 21 heavy (non-hydrogen) atoms. The van der Waals surface area contributed by atoms with Crippen molar-refractivity contribution in [2.24, 2.45) is 23.7 Å². The van der Waals surface area contributed by atoms with Crippen molar-refractivity contribution >= 4 is 11.9 Å². The summed E-state index contributed by atoms with van der Waals surface area (Å²) in [6.07, 6.45) is 7.28. The van der Waals surface area contributed by atoms with Crippen LogP contribution in [0.1, 0.15) is 51.4 Å². The number of rotatable bonds is 6. The maximum atomic E-state index is 10.9. The lowest BCUT2D eigenvalue weighted by Gasteiger charge is -2.29. The highest BCUT2D eigenvalue weighted by molar-refractivity contribution is 5.70. The molecule has 0 unspecified atom stereocenters. The molecule has 0 heterocycles. The standard InChI is InChI=1S/C16H27NO4/c18-15(19)13-5-1-11(2-6-13)9-17-10-12-3-7-14(8-4-12)16(20)21/h11-14,17H,1-10H2,(H,18,19)(H,20,21)/t11-,12?,13-,14?. The first kappa shape index (κ1) is 16.3. The van der Waals surface area contributed by atoms with Gasteiger partial charge < -0.3 is 15.5 Å². The summed E-state index contributed by atoms with van der Waals surface area (Å²) in [6, 6.07) is 0. The topological polar surface area (TPSA) is 86.6 Å². The summed E-state index contributed by atoms with van der Waals surface area (Å²) < 4.78 is 0. The highest BCUT2D eigenvalue weighted by Crippen LogP contribution is 2.30. The van der Waals surface area contributed by atoms with Gasteiger partial charge in [-0.1, -0.05) is 0 Å². The maximum absolute atomic E-state index is 10.9. The quantitative estimate of drug-likeness (QED) is 0.700. The minimum atomic E-state index is -0.642. The molecule has 2 fully saturated rings. The van der Waals surface area contributed by atoms with Crippen LogP contribution in [0.4, 0.5) is 0 Å². The van der Waals surface area contributed by atoms with Gasteiger partial charge in [-0.3, -0.25) is 9.59 Å². The molecule has 0 bridgehead atoms. The largest absolute Gasteiger partial charge is 0.481 e. The Morgan fingerprint density at radius 2 is 1.05 bits per heavy atom. The van der Waals surface area contributed by atoms with Crippen LogP contribution in [-0.4, -0.2) is 35.2 Å². The number of hydrogen-bond acceptors (Lipinski definition) is 3. The first-order chi connectivity index (χ1) is 10.1. The molecule has 120 valence electrons. The summed E-state index contributed by atoms with van der Waals surface area (Å²) >= 11 is 0. The van der Waals surface area contributed by atoms with E-state index in [4.69, 9.17) is 10.2 Å². The fourth-order valence-corrected chi connectivity index (χ4v) is 3.72. The Hall–Kier alpha value is -1.10. The summed E-state index contributed by atoms with van der Waals surface area (Å²) in [4.78, 5) is 21.8. The van der Waals surface area contributed by atoms with Crippen LogP contribution < -0.4 is 5.32 Å². The number of carboxylic acid groups (broad SMARTS) is 2. The third kappa shape index (κ3) is 4.99. The Morgan fingerprint density at radius 1 is 0.714 bits per heavy atom. The SMILES string of the molecule is O=C(O)C1CCC(CNC[C@H]2CC[C@H](C(=O)O)CC2)CC1. The first-order valence-corrected chi connectivity index (χ1v) is 8.22. The number of carbonyl (C=O) groups is 2. The van der Waals surface area contributed by atoms with Crippen molar-refractivity contribution in [1.29, 1.82) is 0 Å². The molecule has 2 rings (SSSR count). The molecule has 2 aliphatic rings. The van der Waals surface area contributed by atoms with Gasteiger partial charge in [0.25, 0.3) is 0 Å². The van der Waals surface area contributed by atoms with Crippen LogP contribution in [0.3, 0.4) is 0 Å². The van der Waals surface area contributed by atoms with E-state index in [-0.39, 0.29) is 11.8 Å². The van der Waals surface area contributed by atoms with Crippen molar-refractivity contribution in [3.8, 4) is 0 Å². The van der Waals surface area contributed by atoms with E-state index in [1.165, 1.54) is 0 Å². The Balaban J connectivity index is 1.57. The van der Waals surface area contributed by atoms with Crippen LogP contribution in [0.2, 0.25) is 0 Å². The van der Waals surface area contributed by atoms with Crippen LogP contribution in [0.15, 0.2) is 0 Å². The highest BCUT2D eigenvalue weighted by atomic mass is 16.4. The average molecular weight is 297 g/mol. The van der Waals surface area contributed by atoms with Gasteiger partial charge in [0, 0.05) is 0 Å². The van der Waals surface area contributed by atoms with E-state index in [0.717, 1.165) is 64.5 Å². The van der Waals surface area contributed by atoms with E-state index >= 15 is 0 Å². The van der Waals surface area contributed by atoms with Gasteiger partial charge in [0.15, 0.2) is 0 Å². The molecule has 0 saturated heterocycles. The summed E-state index contributed by atoms with van der Waals surface area (Å²) in [5.41, 5.74) is 0. The van der Waals surface area contributed by atoms with Crippen LogP contribution in [-0.2, 0) is 9.59 Å². The maximum Gasteiger partial charge on any atom is 0.306 e. The second kappa shape index (κ2) is 7.78. The average Bonchev–Trinajstić information content (AvgIpc) is 2.48. The molecule has 2 aliphatic carbocycles. The third-order valence-electron chi connectivity index (χ3n) is 5.26. The zero-order chi connectivity index (χ0) is 15.2. The van der Waals surface area contributed by atoms with E-state index in [9.17, 15) is 9.59 Å². The summed E-state index contributed by atoms with van der Waals surface area (Å²) in [5, 5.41) is 21.5. The molecule has 0 radical (unpaired) electrons. The minimum Gasteiger partial charge on any atom is -0.481 e. The van der Waals surface area contributed by atoms with E-state index in [2.05, 4.69) is 5.32 Å². The smallest absolute Gasteiger partial charge is 0.306 e. The van der Waals surface area contributed by atoms with E-state index in [0.29, 0.717) is 11.8 Å². The molecule has 0 aliphatic heterocycles.